The number of halogens is 10. The van der Waals surface area contributed by atoms with Gasteiger partial charge in [-0.05, 0) is 82.1 Å². The van der Waals surface area contributed by atoms with Gasteiger partial charge in [0.1, 0.15) is 36.1 Å². The van der Waals surface area contributed by atoms with E-state index in [1.165, 1.54) is 35.6 Å². The molecule has 4 aromatic rings. The number of methoxy groups -OCH3 is 1. The Hall–Kier alpha value is -7.22. The Morgan fingerprint density at radius 1 is 0.848 bits per heavy atom. The number of alkyl halides is 8. The molecule has 6 rings (SSSR count). The SMILES string of the molecule is COC(=O)NC(C(=O)NC(Cc1ccc(C#Cc2ccc(N3CCN4CCOC[C@H]4C3)nc2)cc1)C(O)CN(Cc1c(F)cc(-c2ccn(CC(F)F)n2)cc1F)NC(=O)C(NC(=O)O)C(C)(C)C(F)(F)F)C(C)(C)C(F)(F)F. The average Bonchev–Trinajstić information content (AvgIpc) is 3.93. The molecule has 18 nitrogen and oxygen atoms in total. The molecule has 79 heavy (non-hydrogen) atoms. The summed E-state index contributed by atoms with van der Waals surface area (Å²) in [5.74, 6) is 0.617. The lowest BCUT2D eigenvalue weighted by molar-refractivity contribution is -0.221. The molecule has 4 unspecified atom stereocenters. The number of piperazine rings is 1. The average molecular weight is 1130 g/mol. The molecule has 5 atom stereocenters. The highest BCUT2D eigenvalue weighted by atomic mass is 19.4. The number of carbonyl (C=O) groups excluding carboxylic acids is 3. The second-order valence-electron chi connectivity index (χ2n) is 19.9. The van der Waals surface area contributed by atoms with Crippen molar-refractivity contribution < 1.29 is 82.8 Å². The minimum absolute atomic E-state index is 0.169. The fourth-order valence-electron chi connectivity index (χ4n) is 8.62. The van der Waals surface area contributed by atoms with Crippen molar-refractivity contribution in [2.45, 2.75) is 96.3 Å². The Bertz CT molecular complexity index is 2820. The lowest BCUT2D eigenvalue weighted by Gasteiger charge is -2.44. The van der Waals surface area contributed by atoms with E-state index < -0.39 is 121 Å². The molecule has 4 heterocycles. The van der Waals surface area contributed by atoms with Gasteiger partial charge in [0.2, 0.25) is 5.91 Å². The van der Waals surface area contributed by atoms with Crippen LogP contribution in [0.5, 0.6) is 0 Å². The van der Waals surface area contributed by atoms with Crippen molar-refractivity contribution in [2.24, 2.45) is 10.8 Å². The lowest BCUT2D eigenvalue weighted by Crippen LogP contribution is -2.63. The van der Waals surface area contributed by atoms with Gasteiger partial charge in [0, 0.05) is 73.9 Å². The first kappa shape index (κ1) is 61.0. The molecule has 0 bridgehead atoms. The molecule has 28 heteroatoms. The number of anilines is 1. The van der Waals surface area contributed by atoms with Crippen LogP contribution in [0.15, 0.2) is 67.0 Å². The number of pyridine rings is 1. The van der Waals surface area contributed by atoms with Gasteiger partial charge in [0.15, 0.2) is 0 Å². The van der Waals surface area contributed by atoms with Gasteiger partial charge in [-0.2, -0.15) is 31.4 Å². The van der Waals surface area contributed by atoms with Gasteiger partial charge in [-0.15, -0.1) is 0 Å². The van der Waals surface area contributed by atoms with Crippen molar-refractivity contribution >= 4 is 29.8 Å². The number of carboxylic acid groups (broad SMARTS) is 1. The van der Waals surface area contributed by atoms with E-state index in [-0.39, 0.29) is 22.9 Å². The van der Waals surface area contributed by atoms with E-state index in [2.05, 4.69) is 41.8 Å². The number of aliphatic hydroxyl groups is 1. The number of nitrogens with one attached hydrogen (secondary N) is 4. The van der Waals surface area contributed by atoms with Gasteiger partial charge in [-0.1, -0.05) is 24.0 Å². The van der Waals surface area contributed by atoms with Gasteiger partial charge in [-0.25, -0.2) is 37.1 Å². The molecule has 2 fully saturated rings. The number of amides is 4. The number of ether oxygens (including phenoxy) is 2. The second-order valence-corrected chi connectivity index (χ2v) is 19.9. The smallest absolute Gasteiger partial charge is 0.407 e. The summed E-state index contributed by atoms with van der Waals surface area (Å²) in [7, 11) is 0.812. The molecule has 4 amide bonds. The maximum Gasteiger partial charge on any atom is 0.407 e. The first-order valence-corrected chi connectivity index (χ1v) is 24.4. The molecule has 2 aromatic carbocycles. The Morgan fingerprint density at radius 3 is 2.05 bits per heavy atom. The van der Waals surface area contributed by atoms with Gasteiger partial charge in [0.05, 0.1) is 55.0 Å². The van der Waals surface area contributed by atoms with Gasteiger partial charge >= 0.3 is 24.5 Å². The monoisotopic (exact) mass is 1130 g/mol. The quantitative estimate of drug-likeness (QED) is 0.0369. The summed E-state index contributed by atoms with van der Waals surface area (Å²) in [5.41, 5.74) is -4.39. The molecule has 2 aliphatic rings. The largest absolute Gasteiger partial charge is 0.465 e. The van der Waals surface area contributed by atoms with Crippen LogP contribution in [-0.4, -0.2) is 161 Å². The summed E-state index contributed by atoms with van der Waals surface area (Å²) >= 11 is 0. The van der Waals surface area contributed by atoms with Crippen LogP contribution in [-0.2, 0) is 38.6 Å². The Kier molecular flexibility index (Phi) is 19.5. The number of hydrazine groups is 1. The zero-order chi connectivity index (χ0) is 58.2. The molecule has 6 N–H and O–H groups in total. The van der Waals surface area contributed by atoms with Crippen molar-refractivity contribution in [1.82, 2.24) is 46.0 Å². The van der Waals surface area contributed by atoms with E-state index in [0.29, 0.717) is 69.2 Å². The summed E-state index contributed by atoms with van der Waals surface area (Å²) in [4.78, 5) is 61.2. The third kappa shape index (κ3) is 15.5. The molecule has 0 radical (unpaired) electrons. The van der Waals surface area contributed by atoms with Gasteiger partial charge in [-0.3, -0.25) is 24.6 Å². The first-order chi connectivity index (χ1) is 37.0. The van der Waals surface area contributed by atoms with Crippen LogP contribution in [0.2, 0.25) is 0 Å². The highest BCUT2D eigenvalue weighted by Crippen LogP contribution is 2.42. The maximum atomic E-state index is 16.0. The Morgan fingerprint density at radius 2 is 1.47 bits per heavy atom. The number of aromatic nitrogens is 3. The van der Waals surface area contributed by atoms with E-state index >= 15 is 8.78 Å². The number of morpholine rings is 1. The standard InChI is InChI=1S/C51H58F10N10O8/c1-48(2,50(56,57)58)42(65-47(77)78-5)44(73)63-38(20-30-9-6-29(7-10-30)8-11-31-12-13-41(62-23-31)69-17-16-68-18-19-79-28-33(68)24-69)39(72)26-71(67-45(74)43(64-46(75)76)49(3,4)51(59,60)61)25-34-35(52)21-32(22-36(34)53)37-14-15-70(66-37)27-40(54)55/h6-7,9-10,12-15,21-23,33,38-40,42-43,64,72H,16-20,24-28H2,1-5H3,(H,63,73)(H,65,77)(H,67,74)(H,75,76)/t33-,38?,39?,42?,43?/m1/s1. The minimum atomic E-state index is -5.28. The third-order valence-corrected chi connectivity index (χ3v) is 13.6. The number of alkyl carbamates (subject to hydrolysis) is 1. The van der Waals surface area contributed by atoms with Crippen molar-refractivity contribution in [3.63, 3.8) is 0 Å². The van der Waals surface area contributed by atoms with Crippen molar-refractivity contribution in [3.8, 4) is 23.1 Å². The van der Waals surface area contributed by atoms with Crippen molar-refractivity contribution in [2.75, 3.05) is 57.9 Å². The van der Waals surface area contributed by atoms with Crippen LogP contribution in [0.1, 0.15) is 49.9 Å². The predicted molar refractivity (Wildman–Crippen MR) is 263 cm³/mol. The zero-order valence-corrected chi connectivity index (χ0v) is 43.2. The molecule has 0 spiro atoms. The number of carbonyl (C=O) groups is 4. The minimum Gasteiger partial charge on any atom is -0.465 e. The van der Waals surface area contributed by atoms with Crippen LogP contribution < -0.4 is 26.3 Å². The summed E-state index contributed by atoms with van der Waals surface area (Å²) in [6, 6.07) is 5.53. The number of hydrogen-bond donors (Lipinski definition) is 6. The normalized spacial score (nSPS) is 16.9. The molecule has 0 aliphatic carbocycles. The highest BCUT2D eigenvalue weighted by Gasteiger charge is 2.57. The van der Waals surface area contributed by atoms with Crippen LogP contribution in [0.4, 0.5) is 59.3 Å². The molecule has 2 saturated heterocycles. The van der Waals surface area contributed by atoms with E-state index in [1.54, 1.807) is 12.3 Å². The second kappa shape index (κ2) is 25.3. The summed E-state index contributed by atoms with van der Waals surface area (Å²) in [6.45, 7) is 3.53. The van der Waals surface area contributed by atoms with Crippen molar-refractivity contribution in [3.05, 3.63) is 101 Å². The molecule has 2 aliphatic heterocycles. The fourth-order valence-corrected chi connectivity index (χ4v) is 8.62. The van der Waals surface area contributed by atoms with Crippen LogP contribution in [0.25, 0.3) is 11.3 Å². The fraction of sp³-hybridized carbons (Fsp3) is 0.490. The summed E-state index contributed by atoms with van der Waals surface area (Å²) < 4.78 is 156. The topological polar surface area (TPSA) is 216 Å². The van der Waals surface area contributed by atoms with E-state index in [9.17, 15) is 64.5 Å². The van der Waals surface area contributed by atoms with Crippen molar-refractivity contribution in [1.29, 1.82) is 0 Å². The highest BCUT2D eigenvalue weighted by molar-refractivity contribution is 5.87. The van der Waals surface area contributed by atoms with Crippen LogP contribution in [0.3, 0.4) is 0 Å². The van der Waals surface area contributed by atoms with Gasteiger partial charge < -0.3 is 40.5 Å². The van der Waals surface area contributed by atoms with E-state index in [1.807, 2.05) is 16.8 Å². The predicted octanol–water partition coefficient (Wildman–Crippen LogP) is 5.87. The number of rotatable bonds is 19. The molecule has 2 aromatic heterocycles. The molecule has 430 valence electrons. The maximum absolute atomic E-state index is 16.0. The van der Waals surface area contributed by atoms with Crippen LogP contribution >= 0.6 is 0 Å². The van der Waals surface area contributed by atoms with Crippen LogP contribution in [0, 0.1) is 34.3 Å². The summed E-state index contributed by atoms with van der Waals surface area (Å²) in [6.07, 6.45) is -16.8. The third-order valence-electron chi connectivity index (χ3n) is 13.6. The molecule has 0 saturated carbocycles. The Balaban J connectivity index is 1.32. The van der Waals surface area contributed by atoms with E-state index in [4.69, 9.17) is 4.74 Å². The first-order valence-electron chi connectivity index (χ1n) is 24.4. The Labute approximate surface area is 446 Å². The van der Waals surface area contributed by atoms with E-state index in [0.717, 1.165) is 50.0 Å². The number of benzene rings is 2. The summed E-state index contributed by atoms with van der Waals surface area (Å²) in [5, 5.41) is 31.4. The number of aliphatic hydroxyl groups excluding tert-OH is 1. The molecular formula is C51H58F10N10O8. The lowest BCUT2D eigenvalue weighted by atomic mass is 9.82. The zero-order valence-electron chi connectivity index (χ0n) is 43.2. The van der Waals surface area contributed by atoms with Gasteiger partial charge in [0.25, 0.3) is 12.3 Å². The molecular weight excluding hydrogens is 1070 g/mol. The number of nitrogens with zero attached hydrogens (tertiary/aromatic N) is 6. The number of fused-ring (bicyclic) bond motifs is 1. The number of hydrogen-bond acceptors (Lipinski definition) is 12.